The topological polar surface area (TPSA) is 71.3 Å². The first-order valence-corrected chi connectivity index (χ1v) is 6.63. The number of nitrogens with one attached hydrogen (secondary N) is 1. The molecular formula is C13H20N4O2. The van der Waals surface area contributed by atoms with Gasteiger partial charge >= 0.3 is 5.69 Å². The van der Waals surface area contributed by atoms with Gasteiger partial charge in [0.1, 0.15) is 0 Å². The molecule has 1 saturated heterocycles. The van der Waals surface area contributed by atoms with Crippen LogP contribution >= 0.6 is 0 Å². The van der Waals surface area contributed by atoms with Crippen molar-refractivity contribution in [1.82, 2.24) is 10.3 Å². The van der Waals surface area contributed by atoms with Crippen molar-refractivity contribution in [1.29, 1.82) is 0 Å². The van der Waals surface area contributed by atoms with E-state index in [-0.39, 0.29) is 10.6 Å². The normalized spacial score (nSPS) is 16.6. The number of pyridine rings is 1. The van der Waals surface area contributed by atoms with Gasteiger partial charge < -0.3 is 10.2 Å². The molecule has 1 N–H and O–H groups in total. The maximum atomic E-state index is 11.2. The average molecular weight is 264 g/mol. The number of aromatic nitrogens is 1. The Labute approximate surface area is 113 Å². The lowest BCUT2D eigenvalue weighted by atomic mass is 9.96. The molecule has 0 radical (unpaired) electrons. The molecular weight excluding hydrogens is 244 g/mol. The van der Waals surface area contributed by atoms with E-state index in [1.165, 1.54) is 0 Å². The molecule has 1 aliphatic heterocycles. The molecule has 1 aliphatic rings. The van der Waals surface area contributed by atoms with Crippen molar-refractivity contribution in [3.63, 3.8) is 0 Å². The monoisotopic (exact) mass is 264 g/mol. The number of hydrogen-bond donors (Lipinski definition) is 1. The second-order valence-electron chi connectivity index (χ2n) is 5.05. The van der Waals surface area contributed by atoms with Crippen LogP contribution in [0.25, 0.3) is 0 Å². The second kappa shape index (κ2) is 5.97. The van der Waals surface area contributed by atoms with Gasteiger partial charge in [0.25, 0.3) is 0 Å². The standard InChI is InChI=1S/C13H20N4O2/c1-10-3-6-15-13(12(10)17(18)19)16-7-4-11(5-8-16)9-14-2/h3,6,11,14H,4-5,7-9H2,1-2H3. The SMILES string of the molecule is CNCC1CCN(c2nccc(C)c2[N+](=O)[O-])CC1. The summed E-state index contributed by atoms with van der Waals surface area (Å²) in [5.41, 5.74) is 0.821. The number of rotatable bonds is 4. The Morgan fingerprint density at radius 1 is 1.53 bits per heavy atom. The van der Waals surface area contributed by atoms with Crippen LogP contribution in [-0.4, -0.2) is 36.6 Å². The van der Waals surface area contributed by atoms with E-state index in [0.29, 0.717) is 17.3 Å². The van der Waals surface area contributed by atoms with E-state index in [4.69, 9.17) is 0 Å². The fourth-order valence-corrected chi connectivity index (χ4v) is 2.63. The van der Waals surface area contributed by atoms with Gasteiger partial charge in [0, 0.05) is 24.8 Å². The molecule has 2 rings (SSSR count). The zero-order valence-corrected chi connectivity index (χ0v) is 11.4. The number of nitrogens with zero attached hydrogens (tertiary/aromatic N) is 3. The summed E-state index contributed by atoms with van der Waals surface area (Å²) >= 11 is 0. The highest BCUT2D eigenvalue weighted by molar-refractivity contribution is 5.61. The smallest absolute Gasteiger partial charge is 0.314 e. The summed E-state index contributed by atoms with van der Waals surface area (Å²) in [5, 5.41) is 14.4. The quantitative estimate of drug-likeness (QED) is 0.662. The molecule has 0 atom stereocenters. The minimum atomic E-state index is -0.322. The predicted octanol–water partition coefficient (Wildman–Crippen LogP) is 1.73. The van der Waals surface area contributed by atoms with E-state index in [0.717, 1.165) is 32.5 Å². The van der Waals surface area contributed by atoms with Crippen molar-refractivity contribution in [2.45, 2.75) is 19.8 Å². The lowest BCUT2D eigenvalue weighted by molar-refractivity contribution is -0.384. The first kappa shape index (κ1) is 13.7. The third-order valence-electron chi connectivity index (χ3n) is 3.70. The Morgan fingerprint density at radius 3 is 2.79 bits per heavy atom. The molecule has 6 heteroatoms. The molecule has 1 aromatic heterocycles. The molecule has 19 heavy (non-hydrogen) atoms. The van der Waals surface area contributed by atoms with E-state index >= 15 is 0 Å². The molecule has 0 amide bonds. The fraction of sp³-hybridized carbons (Fsp3) is 0.615. The van der Waals surface area contributed by atoms with Crippen molar-refractivity contribution in [3.05, 3.63) is 27.9 Å². The van der Waals surface area contributed by atoms with Gasteiger partial charge in [0.2, 0.25) is 5.82 Å². The Morgan fingerprint density at radius 2 is 2.21 bits per heavy atom. The largest absolute Gasteiger partial charge is 0.351 e. The number of anilines is 1. The van der Waals surface area contributed by atoms with E-state index in [9.17, 15) is 10.1 Å². The first-order valence-electron chi connectivity index (χ1n) is 6.63. The summed E-state index contributed by atoms with van der Waals surface area (Å²) in [6, 6.07) is 1.69. The van der Waals surface area contributed by atoms with Crippen LogP contribution in [0.3, 0.4) is 0 Å². The lowest BCUT2D eigenvalue weighted by Crippen LogP contribution is -2.37. The summed E-state index contributed by atoms with van der Waals surface area (Å²) in [5.74, 6) is 1.18. The molecule has 0 aliphatic carbocycles. The Kier molecular flexibility index (Phi) is 4.31. The van der Waals surface area contributed by atoms with E-state index < -0.39 is 0 Å². The highest BCUT2D eigenvalue weighted by Crippen LogP contribution is 2.31. The van der Waals surface area contributed by atoms with Crippen LogP contribution in [0.15, 0.2) is 12.3 Å². The summed E-state index contributed by atoms with van der Waals surface area (Å²) in [7, 11) is 1.96. The summed E-state index contributed by atoms with van der Waals surface area (Å²) in [6.45, 7) is 4.45. The van der Waals surface area contributed by atoms with Gasteiger partial charge in [-0.1, -0.05) is 0 Å². The minimum absolute atomic E-state index is 0.148. The lowest BCUT2D eigenvalue weighted by Gasteiger charge is -2.32. The third kappa shape index (κ3) is 3.01. The molecule has 0 aromatic carbocycles. The van der Waals surface area contributed by atoms with Gasteiger partial charge in [-0.25, -0.2) is 4.98 Å². The summed E-state index contributed by atoms with van der Waals surface area (Å²) in [6.07, 6.45) is 3.75. The van der Waals surface area contributed by atoms with Crippen LogP contribution in [-0.2, 0) is 0 Å². The highest BCUT2D eigenvalue weighted by Gasteiger charge is 2.27. The fourth-order valence-electron chi connectivity index (χ4n) is 2.63. The average Bonchev–Trinajstić information content (AvgIpc) is 2.39. The van der Waals surface area contributed by atoms with Gasteiger partial charge in [0.05, 0.1) is 4.92 Å². The maximum absolute atomic E-state index is 11.2. The number of aryl methyl sites for hydroxylation is 1. The van der Waals surface area contributed by atoms with Crippen LogP contribution < -0.4 is 10.2 Å². The first-order chi connectivity index (χ1) is 9.13. The zero-order valence-electron chi connectivity index (χ0n) is 11.4. The number of nitro groups is 1. The Hall–Kier alpha value is -1.69. The van der Waals surface area contributed by atoms with Gasteiger partial charge in [-0.05, 0) is 45.3 Å². The van der Waals surface area contributed by atoms with Crippen molar-refractivity contribution in [3.8, 4) is 0 Å². The third-order valence-corrected chi connectivity index (χ3v) is 3.70. The van der Waals surface area contributed by atoms with Gasteiger partial charge in [-0.2, -0.15) is 0 Å². The van der Waals surface area contributed by atoms with Crippen LogP contribution in [0.4, 0.5) is 11.5 Å². The van der Waals surface area contributed by atoms with Crippen molar-refractivity contribution in [2.75, 3.05) is 31.6 Å². The maximum Gasteiger partial charge on any atom is 0.314 e. The number of hydrogen-bond acceptors (Lipinski definition) is 5. The van der Waals surface area contributed by atoms with Gasteiger partial charge in [-0.3, -0.25) is 10.1 Å². The van der Waals surface area contributed by atoms with E-state index in [1.807, 2.05) is 11.9 Å². The van der Waals surface area contributed by atoms with Gasteiger partial charge in [0.15, 0.2) is 0 Å². The predicted molar refractivity (Wildman–Crippen MR) is 74.5 cm³/mol. The molecule has 0 unspecified atom stereocenters. The minimum Gasteiger partial charge on any atom is -0.351 e. The zero-order chi connectivity index (χ0) is 13.8. The molecule has 0 bridgehead atoms. The van der Waals surface area contributed by atoms with E-state index in [2.05, 4.69) is 10.3 Å². The Balaban J connectivity index is 2.15. The van der Waals surface area contributed by atoms with Crippen LogP contribution in [0.5, 0.6) is 0 Å². The van der Waals surface area contributed by atoms with Crippen LogP contribution in [0, 0.1) is 23.0 Å². The van der Waals surface area contributed by atoms with E-state index in [1.54, 1.807) is 19.2 Å². The van der Waals surface area contributed by atoms with Crippen molar-refractivity contribution < 1.29 is 4.92 Å². The molecule has 0 spiro atoms. The van der Waals surface area contributed by atoms with Gasteiger partial charge in [-0.15, -0.1) is 0 Å². The molecule has 1 aromatic rings. The van der Waals surface area contributed by atoms with Crippen molar-refractivity contribution >= 4 is 11.5 Å². The number of piperidine rings is 1. The van der Waals surface area contributed by atoms with Crippen LogP contribution in [0.2, 0.25) is 0 Å². The van der Waals surface area contributed by atoms with Crippen LogP contribution in [0.1, 0.15) is 18.4 Å². The molecule has 104 valence electrons. The Bertz CT molecular complexity index is 456. The summed E-state index contributed by atoms with van der Waals surface area (Å²) < 4.78 is 0. The highest BCUT2D eigenvalue weighted by atomic mass is 16.6. The summed E-state index contributed by atoms with van der Waals surface area (Å²) in [4.78, 5) is 17.1. The van der Waals surface area contributed by atoms with Crippen molar-refractivity contribution in [2.24, 2.45) is 5.92 Å². The molecule has 0 saturated carbocycles. The molecule has 1 fully saturated rings. The second-order valence-corrected chi connectivity index (χ2v) is 5.05. The molecule has 2 heterocycles. The molecule has 6 nitrogen and oxygen atoms in total.